The van der Waals surface area contributed by atoms with E-state index in [1.165, 1.54) is 6.07 Å². The zero-order valence-corrected chi connectivity index (χ0v) is 19.1. The molecule has 174 valence electrons. The lowest BCUT2D eigenvalue weighted by molar-refractivity contribution is -0.385. The molecular formula is C25H24N4O5. The van der Waals surface area contributed by atoms with Gasteiger partial charge in [0.15, 0.2) is 0 Å². The molecule has 4 atom stereocenters. The number of hydrogen-bond donors (Lipinski definition) is 1. The summed E-state index contributed by atoms with van der Waals surface area (Å²) in [7, 11) is 0. The number of anilines is 2. The van der Waals surface area contributed by atoms with Crippen LogP contribution in [0.2, 0.25) is 0 Å². The van der Waals surface area contributed by atoms with Crippen LogP contribution in [0.4, 0.5) is 17.1 Å². The summed E-state index contributed by atoms with van der Waals surface area (Å²) < 4.78 is 0. The normalized spacial score (nSPS) is 29.6. The third-order valence-corrected chi connectivity index (χ3v) is 8.35. The van der Waals surface area contributed by atoms with Gasteiger partial charge in [0.1, 0.15) is 5.54 Å². The molecule has 9 heteroatoms. The van der Waals surface area contributed by atoms with Crippen molar-refractivity contribution >= 4 is 34.8 Å². The van der Waals surface area contributed by atoms with Gasteiger partial charge in [-0.1, -0.05) is 18.2 Å². The number of carbonyl (C=O) groups is 3. The summed E-state index contributed by atoms with van der Waals surface area (Å²) in [5.74, 6) is -2.67. The zero-order chi connectivity index (χ0) is 24.1. The lowest BCUT2D eigenvalue weighted by Gasteiger charge is -2.36. The number of rotatable bonds is 2. The van der Waals surface area contributed by atoms with Crippen molar-refractivity contribution in [1.82, 2.24) is 4.90 Å². The summed E-state index contributed by atoms with van der Waals surface area (Å²) in [4.78, 5) is 55.6. The fraction of sp³-hybridized carbons (Fsp3) is 0.400. The van der Waals surface area contributed by atoms with Gasteiger partial charge in [-0.05, 0) is 57.4 Å². The molecule has 4 aliphatic heterocycles. The number of carbonyl (C=O) groups excluding carboxylic acids is 3. The first-order chi connectivity index (χ1) is 16.2. The minimum atomic E-state index is -1.25. The van der Waals surface area contributed by atoms with Crippen molar-refractivity contribution in [3.63, 3.8) is 0 Å². The molecule has 3 fully saturated rings. The van der Waals surface area contributed by atoms with E-state index in [0.29, 0.717) is 12.1 Å². The van der Waals surface area contributed by atoms with Crippen molar-refractivity contribution in [1.29, 1.82) is 0 Å². The van der Waals surface area contributed by atoms with E-state index < -0.39 is 28.2 Å². The van der Waals surface area contributed by atoms with Gasteiger partial charge in [0.2, 0.25) is 17.7 Å². The Kier molecular flexibility index (Phi) is 4.15. The number of nitrogens with one attached hydrogen (secondary N) is 1. The Labute approximate surface area is 195 Å². The van der Waals surface area contributed by atoms with Crippen molar-refractivity contribution in [2.75, 3.05) is 16.8 Å². The molecule has 1 spiro atoms. The van der Waals surface area contributed by atoms with Crippen LogP contribution in [0.25, 0.3) is 0 Å². The average molecular weight is 460 g/mol. The van der Waals surface area contributed by atoms with Crippen molar-refractivity contribution in [3.05, 3.63) is 62.7 Å². The number of imide groups is 1. The fourth-order valence-corrected chi connectivity index (χ4v) is 6.71. The molecule has 2 aromatic rings. The fourth-order valence-electron chi connectivity index (χ4n) is 6.71. The number of fused-ring (bicyclic) bond motifs is 7. The molecule has 9 nitrogen and oxygen atoms in total. The Hall–Kier alpha value is -3.59. The van der Waals surface area contributed by atoms with E-state index in [-0.39, 0.29) is 29.2 Å². The quantitative estimate of drug-likeness (QED) is 0.419. The SMILES string of the molecule is Cc1ccc(N2C(=O)[C@@H]3[C@H]4CCCN4[C@]4(C(=O)Nc5c4ccc(C)c5C)[C@@H]3C2=O)cc1[N+](=O)[O-]. The van der Waals surface area contributed by atoms with E-state index >= 15 is 0 Å². The number of nitro benzene ring substituents is 1. The van der Waals surface area contributed by atoms with Gasteiger partial charge >= 0.3 is 0 Å². The highest BCUT2D eigenvalue weighted by atomic mass is 16.6. The molecule has 0 bridgehead atoms. The van der Waals surface area contributed by atoms with Crippen molar-refractivity contribution in [3.8, 4) is 0 Å². The first-order valence-electron chi connectivity index (χ1n) is 11.5. The second kappa shape index (κ2) is 6.73. The molecule has 1 N–H and O–H groups in total. The largest absolute Gasteiger partial charge is 0.324 e. The summed E-state index contributed by atoms with van der Waals surface area (Å²) in [6, 6.07) is 8.02. The number of benzene rings is 2. The average Bonchev–Trinajstić information content (AvgIpc) is 3.50. The van der Waals surface area contributed by atoms with Crippen molar-refractivity contribution in [2.45, 2.75) is 45.2 Å². The van der Waals surface area contributed by atoms with E-state index in [0.717, 1.165) is 40.1 Å². The van der Waals surface area contributed by atoms with Gasteiger partial charge in [-0.2, -0.15) is 0 Å². The third kappa shape index (κ3) is 2.30. The van der Waals surface area contributed by atoms with Gasteiger partial charge in [-0.15, -0.1) is 0 Å². The number of amides is 3. The molecule has 4 aliphatic rings. The van der Waals surface area contributed by atoms with Crippen LogP contribution in [0.5, 0.6) is 0 Å². The van der Waals surface area contributed by atoms with Crippen LogP contribution in [-0.4, -0.2) is 40.1 Å². The van der Waals surface area contributed by atoms with Gasteiger partial charge < -0.3 is 5.32 Å². The highest BCUT2D eigenvalue weighted by Crippen LogP contribution is 2.61. The van der Waals surface area contributed by atoms with Gasteiger partial charge in [-0.3, -0.25) is 29.4 Å². The van der Waals surface area contributed by atoms with Crippen molar-refractivity contribution < 1.29 is 19.3 Å². The molecule has 0 aliphatic carbocycles. The molecule has 3 saturated heterocycles. The maximum atomic E-state index is 14.0. The number of aryl methyl sites for hydroxylation is 2. The summed E-state index contributed by atoms with van der Waals surface area (Å²) in [5.41, 5.74) is 2.68. The predicted octanol–water partition coefficient (Wildman–Crippen LogP) is 2.95. The van der Waals surface area contributed by atoms with Crippen LogP contribution in [0, 0.1) is 42.7 Å². The van der Waals surface area contributed by atoms with Gasteiger partial charge in [0, 0.05) is 28.9 Å². The predicted molar refractivity (Wildman–Crippen MR) is 123 cm³/mol. The second-order valence-corrected chi connectivity index (χ2v) is 9.80. The maximum Gasteiger partial charge on any atom is 0.274 e. The summed E-state index contributed by atoms with van der Waals surface area (Å²) in [5, 5.41) is 14.5. The van der Waals surface area contributed by atoms with Gasteiger partial charge in [-0.25, -0.2) is 4.90 Å². The third-order valence-electron chi connectivity index (χ3n) is 8.35. The van der Waals surface area contributed by atoms with E-state index in [2.05, 4.69) is 10.2 Å². The van der Waals surface area contributed by atoms with E-state index in [4.69, 9.17) is 0 Å². The second-order valence-electron chi connectivity index (χ2n) is 9.80. The summed E-state index contributed by atoms with van der Waals surface area (Å²) >= 11 is 0. The van der Waals surface area contributed by atoms with Crippen LogP contribution in [0.15, 0.2) is 30.3 Å². The van der Waals surface area contributed by atoms with Crippen LogP contribution in [0.3, 0.4) is 0 Å². The molecule has 3 amide bonds. The maximum absolute atomic E-state index is 14.0. The smallest absolute Gasteiger partial charge is 0.274 e. The highest BCUT2D eigenvalue weighted by molar-refractivity contribution is 6.26. The monoisotopic (exact) mass is 460 g/mol. The summed E-state index contributed by atoms with van der Waals surface area (Å²) in [6.07, 6.45) is 1.55. The van der Waals surface area contributed by atoms with Crippen molar-refractivity contribution in [2.24, 2.45) is 11.8 Å². The van der Waals surface area contributed by atoms with Crippen LogP contribution in [-0.2, 0) is 19.9 Å². The van der Waals surface area contributed by atoms with Gasteiger partial charge in [0.05, 0.1) is 22.4 Å². The first kappa shape index (κ1) is 21.0. The Morgan fingerprint density at radius 3 is 2.53 bits per heavy atom. The summed E-state index contributed by atoms with van der Waals surface area (Å²) in [6.45, 7) is 6.16. The standard InChI is InChI=1S/C25H24N4O5/c1-12-7-9-16-21(14(12)3)26-24(32)25(16)20-19(17-5-4-10-27(17)25)22(30)28(23(20)31)15-8-6-13(2)18(11-15)29(33)34/h6-9,11,17,19-20H,4-5,10H2,1-3H3,(H,26,32)/t17-,19-,20+,25+/m1/s1. The zero-order valence-electron chi connectivity index (χ0n) is 19.1. The molecule has 6 rings (SSSR count). The lowest BCUT2D eigenvalue weighted by Crippen LogP contribution is -2.54. The minimum Gasteiger partial charge on any atom is -0.324 e. The Bertz CT molecular complexity index is 1340. The van der Waals surface area contributed by atoms with E-state index in [1.807, 2.05) is 26.0 Å². The molecule has 2 aromatic carbocycles. The van der Waals surface area contributed by atoms with Crippen LogP contribution in [0.1, 0.15) is 35.1 Å². The Morgan fingerprint density at radius 2 is 1.79 bits per heavy atom. The Balaban J connectivity index is 1.54. The number of nitro groups is 1. The molecule has 34 heavy (non-hydrogen) atoms. The van der Waals surface area contributed by atoms with Crippen LogP contribution < -0.4 is 10.2 Å². The Morgan fingerprint density at radius 1 is 1.06 bits per heavy atom. The topological polar surface area (TPSA) is 113 Å². The molecule has 0 aromatic heterocycles. The van der Waals surface area contributed by atoms with E-state index in [1.54, 1.807) is 19.1 Å². The molecule has 0 radical (unpaired) electrons. The molecule has 0 saturated carbocycles. The molecule has 4 heterocycles. The van der Waals surface area contributed by atoms with E-state index in [9.17, 15) is 24.5 Å². The first-order valence-corrected chi connectivity index (χ1v) is 11.5. The number of nitrogens with zero attached hydrogens (tertiary/aromatic N) is 3. The van der Waals surface area contributed by atoms with Crippen LogP contribution >= 0.6 is 0 Å². The number of hydrogen-bond acceptors (Lipinski definition) is 6. The highest BCUT2D eigenvalue weighted by Gasteiger charge is 2.74. The lowest BCUT2D eigenvalue weighted by atomic mass is 9.75. The molecule has 0 unspecified atom stereocenters. The van der Waals surface area contributed by atoms with Gasteiger partial charge in [0.25, 0.3) is 5.69 Å². The molecular weight excluding hydrogens is 436 g/mol. The minimum absolute atomic E-state index is 0.151.